The predicted octanol–water partition coefficient (Wildman–Crippen LogP) is 1.68. The molecule has 0 saturated carbocycles. The maximum atomic E-state index is 11.5. The number of Topliss-reactive ketones (excluding diaryl/α,β-unsaturated/α-hetero) is 1. The zero-order chi connectivity index (χ0) is 13.1. The summed E-state index contributed by atoms with van der Waals surface area (Å²) in [4.78, 5) is 13.7. The minimum Gasteiger partial charge on any atom is -0.398 e. The second kappa shape index (κ2) is 5.40. The van der Waals surface area contributed by atoms with Gasteiger partial charge in [0.15, 0.2) is 5.78 Å². The Kier molecular flexibility index (Phi) is 3.87. The molecule has 98 valence electrons. The minimum absolute atomic E-state index is 0.000376. The Morgan fingerprint density at radius 2 is 2.11 bits per heavy atom. The van der Waals surface area contributed by atoms with E-state index >= 15 is 0 Å². The molecular formula is C14H20N2O2. The van der Waals surface area contributed by atoms with E-state index in [9.17, 15) is 4.79 Å². The van der Waals surface area contributed by atoms with Gasteiger partial charge in [0, 0.05) is 36.6 Å². The molecule has 0 spiro atoms. The van der Waals surface area contributed by atoms with Gasteiger partial charge in [0.2, 0.25) is 0 Å². The number of nitrogens with zero attached hydrogens (tertiary/aromatic N) is 1. The van der Waals surface area contributed by atoms with Crippen LogP contribution >= 0.6 is 0 Å². The molecule has 0 aliphatic carbocycles. The first-order valence-electron chi connectivity index (χ1n) is 6.38. The van der Waals surface area contributed by atoms with Gasteiger partial charge in [-0.3, -0.25) is 4.79 Å². The fraction of sp³-hybridized carbons (Fsp3) is 0.500. The topological polar surface area (TPSA) is 66.6 Å². The molecule has 4 heteroatoms. The molecule has 3 N–H and O–H groups in total. The fourth-order valence-electron chi connectivity index (χ4n) is 2.42. The highest BCUT2D eigenvalue weighted by Crippen LogP contribution is 2.26. The maximum Gasteiger partial charge on any atom is 0.161 e. The van der Waals surface area contributed by atoms with E-state index in [1.807, 2.05) is 12.1 Å². The van der Waals surface area contributed by atoms with Gasteiger partial charge < -0.3 is 15.7 Å². The molecule has 0 unspecified atom stereocenters. The van der Waals surface area contributed by atoms with Crippen LogP contribution < -0.4 is 10.6 Å². The summed E-state index contributed by atoms with van der Waals surface area (Å²) in [6.07, 6.45) is 1.99. The molecule has 0 radical (unpaired) electrons. The van der Waals surface area contributed by atoms with E-state index in [1.165, 1.54) is 6.92 Å². The summed E-state index contributed by atoms with van der Waals surface area (Å²) < 4.78 is 0. The highest BCUT2D eigenvalue weighted by Gasteiger charge is 2.19. The number of hydrogen-bond acceptors (Lipinski definition) is 4. The Bertz CT molecular complexity index is 437. The normalized spacial score (nSPS) is 16.9. The van der Waals surface area contributed by atoms with Gasteiger partial charge in [0.05, 0.1) is 0 Å². The predicted molar refractivity (Wildman–Crippen MR) is 72.9 cm³/mol. The van der Waals surface area contributed by atoms with Crippen molar-refractivity contribution in [1.82, 2.24) is 0 Å². The van der Waals surface area contributed by atoms with E-state index in [-0.39, 0.29) is 12.4 Å². The second-order valence-electron chi connectivity index (χ2n) is 4.94. The molecule has 1 aliphatic heterocycles. The highest BCUT2D eigenvalue weighted by molar-refractivity contribution is 6.00. The van der Waals surface area contributed by atoms with Crippen LogP contribution in [-0.2, 0) is 0 Å². The summed E-state index contributed by atoms with van der Waals surface area (Å²) in [5.74, 6) is 0.418. The summed E-state index contributed by atoms with van der Waals surface area (Å²) in [6.45, 7) is 3.65. The molecule has 2 rings (SSSR count). The zero-order valence-corrected chi connectivity index (χ0v) is 10.7. The summed E-state index contributed by atoms with van der Waals surface area (Å²) in [5, 5.41) is 9.12. The van der Waals surface area contributed by atoms with Crippen LogP contribution in [0.15, 0.2) is 18.2 Å². The number of anilines is 2. The van der Waals surface area contributed by atoms with Gasteiger partial charge in [-0.1, -0.05) is 0 Å². The van der Waals surface area contributed by atoms with Gasteiger partial charge >= 0.3 is 0 Å². The summed E-state index contributed by atoms with van der Waals surface area (Å²) in [6, 6.07) is 5.63. The lowest BCUT2D eigenvalue weighted by Gasteiger charge is -2.33. The largest absolute Gasteiger partial charge is 0.398 e. The van der Waals surface area contributed by atoms with Gasteiger partial charge in [-0.05, 0) is 43.9 Å². The van der Waals surface area contributed by atoms with Crippen LogP contribution in [0.25, 0.3) is 0 Å². The van der Waals surface area contributed by atoms with E-state index in [4.69, 9.17) is 10.8 Å². The Morgan fingerprint density at radius 3 is 2.67 bits per heavy atom. The molecule has 1 aliphatic rings. The molecule has 18 heavy (non-hydrogen) atoms. The number of rotatable bonds is 3. The molecular weight excluding hydrogens is 228 g/mol. The van der Waals surface area contributed by atoms with Crippen molar-refractivity contribution in [2.45, 2.75) is 19.8 Å². The number of nitrogen functional groups attached to an aromatic ring is 1. The van der Waals surface area contributed by atoms with Crippen LogP contribution in [0.1, 0.15) is 30.1 Å². The van der Waals surface area contributed by atoms with Crippen molar-refractivity contribution in [2.24, 2.45) is 5.92 Å². The number of nitrogens with two attached hydrogens (primary N) is 1. The van der Waals surface area contributed by atoms with E-state index in [0.29, 0.717) is 17.2 Å². The van der Waals surface area contributed by atoms with Gasteiger partial charge in [0.1, 0.15) is 0 Å². The van der Waals surface area contributed by atoms with Crippen molar-refractivity contribution >= 4 is 17.2 Å². The van der Waals surface area contributed by atoms with E-state index in [2.05, 4.69) is 4.90 Å². The third kappa shape index (κ3) is 2.64. The highest BCUT2D eigenvalue weighted by atomic mass is 16.3. The van der Waals surface area contributed by atoms with Crippen LogP contribution in [0.4, 0.5) is 11.4 Å². The molecule has 4 nitrogen and oxygen atoms in total. The first-order chi connectivity index (χ1) is 8.61. The summed E-state index contributed by atoms with van der Waals surface area (Å²) in [7, 11) is 0. The molecule has 1 aromatic rings. The first-order valence-corrected chi connectivity index (χ1v) is 6.38. The van der Waals surface area contributed by atoms with Gasteiger partial charge in [-0.15, -0.1) is 0 Å². The third-order valence-corrected chi connectivity index (χ3v) is 3.65. The summed E-state index contributed by atoms with van der Waals surface area (Å²) in [5.41, 5.74) is 7.97. The SMILES string of the molecule is CC(=O)c1cc(N2CCC(CO)CC2)ccc1N. The molecule has 0 bridgehead atoms. The van der Waals surface area contributed by atoms with Crippen LogP contribution in [0, 0.1) is 5.92 Å². The molecule has 1 fully saturated rings. The molecule has 1 heterocycles. The van der Waals surface area contributed by atoms with Crippen LogP contribution in [0.5, 0.6) is 0 Å². The number of hydrogen-bond donors (Lipinski definition) is 2. The average molecular weight is 248 g/mol. The van der Waals surface area contributed by atoms with E-state index in [0.717, 1.165) is 31.6 Å². The number of ketones is 1. The molecule has 1 aromatic carbocycles. The van der Waals surface area contributed by atoms with Gasteiger partial charge in [0.25, 0.3) is 0 Å². The average Bonchev–Trinajstić information content (AvgIpc) is 2.39. The van der Waals surface area contributed by atoms with Crippen LogP contribution in [0.2, 0.25) is 0 Å². The Morgan fingerprint density at radius 1 is 1.44 bits per heavy atom. The number of carbonyl (C=O) groups excluding carboxylic acids is 1. The van der Waals surface area contributed by atoms with E-state index in [1.54, 1.807) is 6.07 Å². The van der Waals surface area contributed by atoms with Crippen molar-refractivity contribution in [3.8, 4) is 0 Å². The van der Waals surface area contributed by atoms with Gasteiger partial charge in [-0.2, -0.15) is 0 Å². The first kappa shape index (κ1) is 12.9. The maximum absolute atomic E-state index is 11.5. The van der Waals surface area contributed by atoms with Crippen molar-refractivity contribution in [3.05, 3.63) is 23.8 Å². The number of piperidine rings is 1. The molecule has 0 atom stereocenters. The van der Waals surface area contributed by atoms with Crippen molar-refractivity contribution < 1.29 is 9.90 Å². The van der Waals surface area contributed by atoms with Crippen LogP contribution in [-0.4, -0.2) is 30.6 Å². The Balaban J connectivity index is 2.15. The molecule has 0 aromatic heterocycles. The van der Waals surface area contributed by atoms with Crippen molar-refractivity contribution in [3.63, 3.8) is 0 Å². The molecule has 0 amide bonds. The number of aliphatic hydroxyl groups is 1. The van der Waals surface area contributed by atoms with Crippen molar-refractivity contribution in [2.75, 3.05) is 30.3 Å². The van der Waals surface area contributed by atoms with E-state index < -0.39 is 0 Å². The summed E-state index contributed by atoms with van der Waals surface area (Å²) >= 11 is 0. The van der Waals surface area contributed by atoms with Gasteiger partial charge in [-0.25, -0.2) is 0 Å². The Labute approximate surface area is 107 Å². The number of carbonyl (C=O) groups is 1. The second-order valence-corrected chi connectivity index (χ2v) is 4.94. The quantitative estimate of drug-likeness (QED) is 0.631. The fourth-order valence-corrected chi connectivity index (χ4v) is 2.42. The smallest absolute Gasteiger partial charge is 0.161 e. The lowest BCUT2D eigenvalue weighted by molar-refractivity contribution is 0.101. The lowest BCUT2D eigenvalue weighted by Crippen LogP contribution is -2.34. The van der Waals surface area contributed by atoms with Crippen LogP contribution in [0.3, 0.4) is 0 Å². The monoisotopic (exact) mass is 248 g/mol. The number of benzene rings is 1. The van der Waals surface area contributed by atoms with Crippen molar-refractivity contribution in [1.29, 1.82) is 0 Å². The minimum atomic E-state index is -0.000376. The molecule has 1 saturated heterocycles. The Hall–Kier alpha value is -1.55. The standard InChI is InChI=1S/C14H20N2O2/c1-10(18)13-8-12(2-3-14(13)15)16-6-4-11(9-17)5-7-16/h2-3,8,11,17H,4-7,9,15H2,1H3. The zero-order valence-electron chi connectivity index (χ0n) is 10.7. The lowest BCUT2D eigenvalue weighted by atomic mass is 9.97. The third-order valence-electron chi connectivity index (χ3n) is 3.65. The number of aliphatic hydroxyl groups excluding tert-OH is 1.